The van der Waals surface area contributed by atoms with Gasteiger partial charge in [-0.25, -0.2) is 4.39 Å². The number of aromatic amines is 2. The highest BCUT2D eigenvalue weighted by atomic mass is 19.1. The van der Waals surface area contributed by atoms with Crippen molar-refractivity contribution in [1.29, 1.82) is 0 Å². The van der Waals surface area contributed by atoms with E-state index >= 15 is 0 Å². The topological polar surface area (TPSA) is 77.8 Å². The molecular weight excluding hydrogens is 309 g/mol. The van der Waals surface area contributed by atoms with Gasteiger partial charge in [0.2, 0.25) is 0 Å². The first-order valence-electron chi connectivity index (χ1n) is 7.95. The maximum Gasteiger partial charge on any atom is 0.270 e. The molecule has 2 aromatic rings. The summed E-state index contributed by atoms with van der Waals surface area (Å²) < 4.78 is 13.3. The van der Waals surface area contributed by atoms with Gasteiger partial charge in [0.05, 0.1) is 5.56 Å². The van der Waals surface area contributed by atoms with Crippen LogP contribution in [0.1, 0.15) is 43.7 Å². The predicted octanol–water partition coefficient (Wildman–Crippen LogP) is 3.04. The second-order valence-corrected chi connectivity index (χ2v) is 7.31. The number of anilines is 1. The summed E-state index contributed by atoms with van der Waals surface area (Å²) in [5.41, 5.74) is 2.28. The summed E-state index contributed by atoms with van der Waals surface area (Å²) in [5, 5.41) is 8.64. The van der Waals surface area contributed by atoms with Crippen LogP contribution in [0.5, 0.6) is 0 Å². The molecule has 4 rings (SSSR count). The Morgan fingerprint density at radius 1 is 1.08 bits per heavy atom. The van der Waals surface area contributed by atoms with Crippen molar-refractivity contribution >= 4 is 11.6 Å². The molecule has 1 atom stereocenters. The Morgan fingerprint density at radius 3 is 2.50 bits per heavy atom. The first-order chi connectivity index (χ1) is 11.4. The number of hydrogen-bond acceptors (Lipinski definition) is 3. The summed E-state index contributed by atoms with van der Waals surface area (Å²) in [5.74, 6) is -0.204. The summed E-state index contributed by atoms with van der Waals surface area (Å²) in [6.07, 6.45) is 1.15. The molecule has 5 nitrogen and oxygen atoms in total. The number of allylic oxidation sites excluding steroid dienone is 2. The van der Waals surface area contributed by atoms with Crippen LogP contribution < -0.4 is 10.9 Å². The zero-order valence-corrected chi connectivity index (χ0v) is 13.5. The smallest absolute Gasteiger partial charge is 0.270 e. The minimum Gasteiger partial charge on any atom is -0.343 e. The van der Waals surface area contributed by atoms with Gasteiger partial charge in [0.1, 0.15) is 11.6 Å². The lowest BCUT2D eigenvalue weighted by Crippen LogP contribution is -2.34. The van der Waals surface area contributed by atoms with E-state index in [2.05, 4.69) is 29.4 Å². The van der Waals surface area contributed by atoms with Crippen LogP contribution in [0.3, 0.4) is 0 Å². The fraction of sp³-hybridized carbons (Fsp3) is 0.333. The second kappa shape index (κ2) is 4.93. The Kier molecular flexibility index (Phi) is 3.07. The molecular formula is C18H18FN3O2. The van der Waals surface area contributed by atoms with Gasteiger partial charge in [-0.1, -0.05) is 26.0 Å². The van der Waals surface area contributed by atoms with E-state index in [4.69, 9.17) is 0 Å². The van der Waals surface area contributed by atoms with E-state index in [0.29, 0.717) is 23.4 Å². The number of ketones is 1. The minimum absolute atomic E-state index is 0.0364. The maximum atomic E-state index is 13.3. The molecule has 0 bridgehead atoms. The van der Waals surface area contributed by atoms with Gasteiger partial charge in [-0.05, 0) is 29.5 Å². The molecule has 3 N–H and O–H groups in total. The van der Waals surface area contributed by atoms with Gasteiger partial charge >= 0.3 is 0 Å². The third-order valence-corrected chi connectivity index (χ3v) is 4.79. The summed E-state index contributed by atoms with van der Waals surface area (Å²) >= 11 is 0. The molecule has 0 fully saturated rings. The van der Waals surface area contributed by atoms with Gasteiger partial charge in [0.25, 0.3) is 5.56 Å². The van der Waals surface area contributed by atoms with Crippen LogP contribution in [0, 0.1) is 11.2 Å². The molecule has 6 heteroatoms. The third kappa shape index (κ3) is 2.21. The second-order valence-electron chi connectivity index (χ2n) is 7.31. The summed E-state index contributed by atoms with van der Waals surface area (Å²) in [7, 11) is 0. The average Bonchev–Trinajstić information content (AvgIpc) is 2.86. The zero-order chi connectivity index (χ0) is 17.1. The monoisotopic (exact) mass is 327 g/mol. The number of aromatic nitrogens is 2. The van der Waals surface area contributed by atoms with Gasteiger partial charge in [-0.3, -0.25) is 19.8 Å². The minimum atomic E-state index is -0.476. The molecule has 0 unspecified atom stereocenters. The van der Waals surface area contributed by atoms with Crippen molar-refractivity contribution in [3.63, 3.8) is 0 Å². The highest BCUT2D eigenvalue weighted by Gasteiger charge is 2.42. The number of benzene rings is 1. The normalized spacial score (nSPS) is 22.0. The van der Waals surface area contributed by atoms with Crippen molar-refractivity contribution < 1.29 is 9.18 Å². The molecule has 24 heavy (non-hydrogen) atoms. The van der Waals surface area contributed by atoms with Gasteiger partial charge in [-0.15, -0.1) is 0 Å². The lowest BCUT2D eigenvalue weighted by atomic mass is 9.69. The quantitative estimate of drug-likeness (QED) is 0.753. The molecule has 1 aliphatic heterocycles. The molecule has 0 saturated carbocycles. The Bertz CT molecular complexity index is 918. The van der Waals surface area contributed by atoms with Crippen LogP contribution in [-0.4, -0.2) is 16.0 Å². The number of nitrogens with one attached hydrogen (secondary N) is 3. The van der Waals surface area contributed by atoms with Crippen molar-refractivity contribution in [2.45, 2.75) is 32.6 Å². The molecule has 1 aromatic heterocycles. The molecule has 0 amide bonds. The highest BCUT2D eigenvalue weighted by Crippen LogP contribution is 2.47. The van der Waals surface area contributed by atoms with Gasteiger partial charge < -0.3 is 5.32 Å². The molecule has 0 spiro atoms. The third-order valence-electron chi connectivity index (χ3n) is 4.79. The first-order valence-corrected chi connectivity index (χ1v) is 7.95. The van der Waals surface area contributed by atoms with E-state index < -0.39 is 5.92 Å². The molecule has 2 heterocycles. The van der Waals surface area contributed by atoms with Crippen molar-refractivity contribution in [3.8, 4) is 0 Å². The fourth-order valence-corrected chi connectivity index (χ4v) is 3.81. The number of rotatable bonds is 1. The largest absolute Gasteiger partial charge is 0.343 e. The lowest BCUT2D eigenvalue weighted by Gasteiger charge is -2.37. The maximum absolute atomic E-state index is 13.3. The van der Waals surface area contributed by atoms with Gasteiger partial charge in [0.15, 0.2) is 5.78 Å². The first kappa shape index (κ1) is 14.9. The van der Waals surface area contributed by atoms with Crippen LogP contribution in [0.25, 0.3) is 0 Å². The highest BCUT2D eigenvalue weighted by molar-refractivity contribution is 6.01. The number of hydrogen-bond donors (Lipinski definition) is 3. The van der Waals surface area contributed by atoms with Crippen LogP contribution in [0.15, 0.2) is 40.3 Å². The number of H-pyrrole nitrogens is 2. The molecule has 1 aromatic carbocycles. The van der Waals surface area contributed by atoms with Crippen molar-refractivity contribution in [1.82, 2.24) is 10.2 Å². The van der Waals surface area contributed by atoms with E-state index in [1.807, 2.05) is 0 Å². The predicted molar refractivity (Wildman–Crippen MR) is 88.3 cm³/mol. The number of fused-ring (bicyclic) bond motifs is 1. The van der Waals surface area contributed by atoms with Gasteiger partial charge in [0, 0.05) is 23.6 Å². The molecule has 2 aliphatic rings. The summed E-state index contributed by atoms with van der Waals surface area (Å²) in [6.45, 7) is 4.11. The lowest BCUT2D eigenvalue weighted by molar-refractivity contribution is -0.118. The van der Waals surface area contributed by atoms with Crippen molar-refractivity contribution in [2.75, 3.05) is 5.32 Å². The van der Waals surface area contributed by atoms with Crippen LogP contribution in [0.4, 0.5) is 10.2 Å². The van der Waals surface area contributed by atoms with E-state index in [-0.39, 0.29) is 22.6 Å². The summed E-state index contributed by atoms with van der Waals surface area (Å²) in [6, 6.07) is 5.99. The zero-order valence-electron chi connectivity index (χ0n) is 13.5. The number of halogens is 1. The van der Waals surface area contributed by atoms with Crippen LogP contribution in [-0.2, 0) is 4.79 Å². The fourth-order valence-electron chi connectivity index (χ4n) is 3.81. The van der Waals surface area contributed by atoms with Gasteiger partial charge in [-0.2, -0.15) is 0 Å². The summed E-state index contributed by atoms with van der Waals surface area (Å²) in [4.78, 5) is 25.1. The molecule has 124 valence electrons. The Labute approximate surface area is 138 Å². The number of carbonyl (C=O) groups is 1. The standard InChI is InChI=1S/C18H18FN3O2/c1-18(2)7-11-14(12(23)8-18)13(9-3-5-10(19)6-4-9)15-16(20-11)21-22-17(15)24/h3-6,13H,7-8H2,1-2H3,(H3,20,21,22,24)/t13-/m1/s1. The molecule has 0 radical (unpaired) electrons. The number of Topliss-reactive ketones (excluding diaryl/α,β-unsaturated/α-hetero) is 1. The molecule has 0 saturated heterocycles. The Hall–Kier alpha value is -2.63. The van der Waals surface area contributed by atoms with E-state index in [1.165, 1.54) is 12.1 Å². The molecule has 1 aliphatic carbocycles. The van der Waals surface area contributed by atoms with Crippen molar-refractivity contribution in [2.24, 2.45) is 5.41 Å². The van der Waals surface area contributed by atoms with Crippen LogP contribution >= 0.6 is 0 Å². The van der Waals surface area contributed by atoms with E-state index in [9.17, 15) is 14.0 Å². The van der Waals surface area contributed by atoms with Crippen LogP contribution in [0.2, 0.25) is 0 Å². The van der Waals surface area contributed by atoms with Crippen molar-refractivity contribution in [3.05, 3.63) is 62.8 Å². The Morgan fingerprint density at radius 2 is 1.79 bits per heavy atom. The van der Waals surface area contributed by atoms with E-state index in [1.54, 1.807) is 12.1 Å². The average molecular weight is 327 g/mol. The number of carbonyl (C=O) groups excluding carboxylic acids is 1. The Balaban J connectivity index is 1.94. The SMILES string of the molecule is CC1(C)CC(=O)C2=C(C1)Nc1[nH][nH]c(=O)c1[C@@H]2c1ccc(F)cc1. The van der Waals surface area contributed by atoms with E-state index in [0.717, 1.165) is 17.7 Å².